The highest BCUT2D eigenvalue weighted by atomic mass is 16.3. The summed E-state index contributed by atoms with van der Waals surface area (Å²) in [7, 11) is 0. The van der Waals surface area contributed by atoms with Gasteiger partial charge < -0.3 is 5.11 Å². The van der Waals surface area contributed by atoms with Crippen molar-refractivity contribution in [1.82, 2.24) is 0 Å². The van der Waals surface area contributed by atoms with Crippen LogP contribution in [0.25, 0.3) is 10.8 Å². The first-order chi connectivity index (χ1) is 6.81. The van der Waals surface area contributed by atoms with Gasteiger partial charge in [-0.25, -0.2) is 4.79 Å². The molecule has 0 aliphatic rings. The Bertz CT molecular complexity index is 528. The fraction of sp³-hybridized carbons (Fsp3) is 0. The van der Waals surface area contributed by atoms with E-state index in [-0.39, 0.29) is 11.4 Å². The van der Waals surface area contributed by atoms with Gasteiger partial charge in [0.2, 0.25) is 6.08 Å². The molecule has 2 aromatic carbocycles. The van der Waals surface area contributed by atoms with Crippen molar-refractivity contribution in [2.24, 2.45) is 4.99 Å². The zero-order chi connectivity index (χ0) is 9.97. The SMILES string of the molecule is O=C=Nc1cc2ccccc2cc1O. The van der Waals surface area contributed by atoms with Gasteiger partial charge in [-0.05, 0) is 22.9 Å². The third kappa shape index (κ3) is 1.37. The number of benzene rings is 2. The maximum atomic E-state index is 10.1. The molecule has 68 valence electrons. The fourth-order valence-corrected chi connectivity index (χ4v) is 1.35. The van der Waals surface area contributed by atoms with E-state index in [1.54, 1.807) is 12.1 Å². The summed E-state index contributed by atoms with van der Waals surface area (Å²) >= 11 is 0. The van der Waals surface area contributed by atoms with Gasteiger partial charge in [-0.15, -0.1) is 0 Å². The summed E-state index contributed by atoms with van der Waals surface area (Å²) in [6, 6.07) is 10.8. The molecule has 2 rings (SSSR count). The number of hydrogen-bond acceptors (Lipinski definition) is 3. The molecule has 0 amide bonds. The summed E-state index contributed by atoms with van der Waals surface area (Å²) in [6.45, 7) is 0. The molecule has 0 saturated carbocycles. The quantitative estimate of drug-likeness (QED) is 0.548. The van der Waals surface area contributed by atoms with Crippen molar-refractivity contribution in [2.45, 2.75) is 0 Å². The number of phenolic OH excluding ortho intramolecular Hbond substituents is 1. The lowest BCUT2D eigenvalue weighted by atomic mass is 10.1. The molecule has 0 aliphatic heterocycles. The van der Waals surface area contributed by atoms with Crippen LogP contribution in [0.1, 0.15) is 0 Å². The van der Waals surface area contributed by atoms with Crippen molar-refractivity contribution in [3.05, 3.63) is 36.4 Å². The van der Waals surface area contributed by atoms with Gasteiger partial charge in [0.1, 0.15) is 11.4 Å². The van der Waals surface area contributed by atoms with E-state index in [2.05, 4.69) is 4.99 Å². The summed E-state index contributed by atoms with van der Waals surface area (Å²) in [5.74, 6) is -0.00736. The van der Waals surface area contributed by atoms with Crippen molar-refractivity contribution >= 4 is 22.5 Å². The van der Waals surface area contributed by atoms with E-state index in [1.807, 2.05) is 24.3 Å². The first-order valence-corrected chi connectivity index (χ1v) is 4.11. The maximum Gasteiger partial charge on any atom is 0.240 e. The number of hydrogen-bond donors (Lipinski definition) is 1. The standard InChI is InChI=1S/C11H7NO2/c13-7-12-10-5-8-3-1-2-4-9(8)6-11(10)14/h1-6,14H. The van der Waals surface area contributed by atoms with Crippen LogP contribution in [0.5, 0.6) is 5.75 Å². The Labute approximate surface area is 80.3 Å². The zero-order valence-corrected chi connectivity index (χ0v) is 7.27. The van der Waals surface area contributed by atoms with Gasteiger partial charge in [0, 0.05) is 0 Å². The summed E-state index contributed by atoms with van der Waals surface area (Å²) in [5.41, 5.74) is 0.249. The van der Waals surface area contributed by atoms with Crippen LogP contribution < -0.4 is 0 Å². The molecule has 14 heavy (non-hydrogen) atoms. The second-order valence-corrected chi connectivity index (χ2v) is 2.89. The van der Waals surface area contributed by atoms with Crippen molar-refractivity contribution < 1.29 is 9.90 Å². The molecule has 3 nitrogen and oxygen atoms in total. The molecule has 0 radical (unpaired) electrons. The number of fused-ring (bicyclic) bond motifs is 1. The third-order valence-electron chi connectivity index (χ3n) is 2.01. The van der Waals surface area contributed by atoms with Crippen LogP contribution in [0.15, 0.2) is 41.4 Å². The zero-order valence-electron chi connectivity index (χ0n) is 7.27. The van der Waals surface area contributed by atoms with Gasteiger partial charge >= 0.3 is 0 Å². The van der Waals surface area contributed by atoms with Crippen molar-refractivity contribution in [3.8, 4) is 5.75 Å². The molecule has 0 unspecified atom stereocenters. The topological polar surface area (TPSA) is 49.7 Å². The van der Waals surface area contributed by atoms with E-state index >= 15 is 0 Å². The summed E-state index contributed by atoms with van der Waals surface area (Å²) in [5, 5.41) is 11.3. The molecule has 0 atom stereocenters. The van der Waals surface area contributed by atoms with Crippen LogP contribution >= 0.6 is 0 Å². The molecule has 0 spiro atoms. The predicted molar refractivity (Wildman–Crippen MR) is 53.4 cm³/mol. The Balaban J connectivity index is 2.76. The normalized spacial score (nSPS) is 9.71. The highest BCUT2D eigenvalue weighted by Gasteiger charge is 2.01. The third-order valence-corrected chi connectivity index (χ3v) is 2.01. The maximum absolute atomic E-state index is 10.1. The van der Waals surface area contributed by atoms with Crippen molar-refractivity contribution in [2.75, 3.05) is 0 Å². The van der Waals surface area contributed by atoms with Gasteiger partial charge in [-0.3, -0.25) is 0 Å². The number of carbonyl (C=O) groups excluding carboxylic acids is 1. The van der Waals surface area contributed by atoms with Crippen LogP contribution in [0, 0.1) is 0 Å². The number of phenols is 1. The minimum atomic E-state index is -0.00736. The predicted octanol–water partition coefficient (Wildman–Crippen LogP) is 2.51. The van der Waals surface area contributed by atoms with Crippen LogP contribution in [0.3, 0.4) is 0 Å². The number of rotatable bonds is 1. The lowest BCUT2D eigenvalue weighted by Gasteiger charge is -2.00. The highest BCUT2D eigenvalue weighted by Crippen LogP contribution is 2.30. The fourth-order valence-electron chi connectivity index (χ4n) is 1.35. The summed E-state index contributed by atoms with van der Waals surface area (Å²) in [4.78, 5) is 13.5. The van der Waals surface area contributed by atoms with E-state index in [4.69, 9.17) is 0 Å². The van der Waals surface area contributed by atoms with Crippen LogP contribution in [0.2, 0.25) is 0 Å². The monoisotopic (exact) mass is 185 g/mol. The molecule has 2 aromatic rings. The Hall–Kier alpha value is -2.12. The smallest absolute Gasteiger partial charge is 0.240 e. The number of isocyanates is 1. The molecule has 0 aromatic heterocycles. The number of aromatic hydroxyl groups is 1. The van der Waals surface area contributed by atoms with E-state index < -0.39 is 0 Å². The van der Waals surface area contributed by atoms with Gasteiger partial charge in [0.25, 0.3) is 0 Å². The van der Waals surface area contributed by atoms with Crippen molar-refractivity contribution in [1.29, 1.82) is 0 Å². The van der Waals surface area contributed by atoms with E-state index in [9.17, 15) is 9.90 Å². The van der Waals surface area contributed by atoms with Gasteiger partial charge in [-0.1, -0.05) is 24.3 Å². The Kier molecular flexibility index (Phi) is 2.01. The van der Waals surface area contributed by atoms with Crippen molar-refractivity contribution in [3.63, 3.8) is 0 Å². The summed E-state index contributed by atoms with van der Waals surface area (Å²) in [6.07, 6.45) is 1.40. The Morgan fingerprint density at radius 3 is 2.43 bits per heavy atom. The minimum absolute atomic E-state index is 0.00736. The van der Waals surface area contributed by atoms with Crippen LogP contribution in [0.4, 0.5) is 5.69 Å². The molecule has 3 heteroatoms. The molecular weight excluding hydrogens is 178 g/mol. The molecular formula is C11H7NO2. The lowest BCUT2D eigenvalue weighted by Crippen LogP contribution is -1.73. The number of nitrogens with zero attached hydrogens (tertiary/aromatic N) is 1. The second-order valence-electron chi connectivity index (χ2n) is 2.89. The molecule has 0 saturated heterocycles. The lowest BCUT2D eigenvalue weighted by molar-refractivity contribution is 0.477. The first kappa shape index (κ1) is 8.48. The highest BCUT2D eigenvalue weighted by molar-refractivity contribution is 5.88. The largest absolute Gasteiger partial charge is 0.506 e. The van der Waals surface area contributed by atoms with Crippen LogP contribution in [-0.2, 0) is 4.79 Å². The number of aliphatic imine (C=N–C) groups is 1. The van der Waals surface area contributed by atoms with E-state index in [0.717, 1.165) is 10.8 Å². The second kappa shape index (κ2) is 3.32. The van der Waals surface area contributed by atoms with Crippen LogP contribution in [-0.4, -0.2) is 11.2 Å². The average Bonchev–Trinajstić information content (AvgIpc) is 2.19. The molecule has 0 aliphatic carbocycles. The average molecular weight is 185 g/mol. The molecule has 0 heterocycles. The molecule has 0 bridgehead atoms. The van der Waals surface area contributed by atoms with Gasteiger partial charge in [0.05, 0.1) is 0 Å². The Morgan fingerprint density at radius 2 is 1.79 bits per heavy atom. The molecule has 0 fully saturated rings. The summed E-state index contributed by atoms with van der Waals surface area (Å²) < 4.78 is 0. The Morgan fingerprint density at radius 1 is 1.14 bits per heavy atom. The van der Waals surface area contributed by atoms with Gasteiger partial charge in [-0.2, -0.15) is 4.99 Å². The minimum Gasteiger partial charge on any atom is -0.506 e. The van der Waals surface area contributed by atoms with E-state index in [1.165, 1.54) is 6.08 Å². The first-order valence-electron chi connectivity index (χ1n) is 4.11. The van der Waals surface area contributed by atoms with Gasteiger partial charge in [0.15, 0.2) is 0 Å². The molecule has 1 N–H and O–H groups in total. The van der Waals surface area contributed by atoms with E-state index in [0.29, 0.717) is 0 Å².